The van der Waals surface area contributed by atoms with Crippen molar-refractivity contribution < 1.29 is 19.7 Å². The summed E-state index contributed by atoms with van der Waals surface area (Å²) in [5.74, 6) is -0.606. The van der Waals surface area contributed by atoms with E-state index in [4.69, 9.17) is 4.74 Å². The van der Waals surface area contributed by atoms with Crippen molar-refractivity contribution in [2.24, 2.45) is 4.99 Å². The molecule has 1 heterocycles. The number of phenols is 1. The van der Waals surface area contributed by atoms with Gasteiger partial charge < -0.3 is 14.9 Å². The van der Waals surface area contributed by atoms with Gasteiger partial charge in [0.15, 0.2) is 0 Å². The first-order valence-corrected chi connectivity index (χ1v) is 9.24. The highest BCUT2D eigenvalue weighted by Crippen LogP contribution is 2.40. The summed E-state index contributed by atoms with van der Waals surface area (Å²) in [4.78, 5) is 17.4. The van der Waals surface area contributed by atoms with Gasteiger partial charge in [-0.1, -0.05) is 36.0 Å². The maximum absolute atomic E-state index is 12.4. The number of benzene rings is 2. The Kier molecular flexibility index (Phi) is 5.66. The third-order valence-electron chi connectivity index (χ3n) is 3.79. The molecule has 0 aromatic heterocycles. The fraction of sp³-hybridized carbons (Fsp3) is 0.143. The quantitative estimate of drug-likeness (QED) is 0.737. The second kappa shape index (κ2) is 8.14. The van der Waals surface area contributed by atoms with Crippen LogP contribution in [0.3, 0.4) is 0 Å². The van der Waals surface area contributed by atoms with Crippen LogP contribution >= 0.6 is 11.8 Å². The summed E-state index contributed by atoms with van der Waals surface area (Å²) in [7, 11) is 0. The third-order valence-corrected chi connectivity index (χ3v) is 4.81. The van der Waals surface area contributed by atoms with Gasteiger partial charge in [0.1, 0.15) is 22.1 Å². The number of nitrogens with zero attached hydrogens (tertiary/aromatic N) is 1. The monoisotopic (exact) mass is 381 g/mol. The second-order valence-corrected chi connectivity index (χ2v) is 6.93. The smallest absolute Gasteiger partial charge is 0.344 e. The van der Waals surface area contributed by atoms with Crippen molar-refractivity contribution in [1.82, 2.24) is 0 Å². The van der Waals surface area contributed by atoms with Gasteiger partial charge in [0.25, 0.3) is 0 Å². The average Bonchev–Trinajstić information content (AvgIpc) is 2.92. The van der Waals surface area contributed by atoms with Crippen molar-refractivity contribution >= 4 is 34.5 Å². The number of hydrogen-bond acceptors (Lipinski definition) is 6. The number of aryl methyl sites for hydroxylation is 1. The lowest BCUT2D eigenvalue weighted by Crippen LogP contribution is -2.12. The molecule has 1 aliphatic heterocycles. The van der Waals surface area contributed by atoms with Gasteiger partial charge in [-0.25, -0.2) is 9.79 Å². The minimum absolute atomic E-state index is 0.0633. The number of esters is 1. The first-order valence-electron chi connectivity index (χ1n) is 8.43. The van der Waals surface area contributed by atoms with E-state index in [1.54, 1.807) is 37.3 Å². The van der Waals surface area contributed by atoms with Gasteiger partial charge in [0.05, 0.1) is 17.2 Å². The van der Waals surface area contributed by atoms with E-state index >= 15 is 0 Å². The minimum Gasteiger partial charge on any atom is -0.508 e. The van der Waals surface area contributed by atoms with E-state index in [0.29, 0.717) is 15.6 Å². The number of aliphatic hydroxyl groups excluding tert-OH is 1. The summed E-state index contributed by atoms with van der Waals surface area (Å²) in [6.45, 7) is 3.87. The van der Waals surface area contributed by atoms with Gasteiger partial charge in [-0.15, -0.1) is 0 Å². The number of rotatable bonds is 4. The van der Waals surface area contributed by atoms with Gasteiger partial charge >= 0.3 is 5.97 Å². The fourth-order valence-corrected chi connectivity index (χ4v) is 3.56. The van der Waals surface area contributed by atoms with E-state index < -0.39 is 5.97 Å². The van der Waals surface area contributed by atoms with E-state index in [9.17, 15) is 15.0 Å². The number of ether oxygens (including phenoxy) is 1. The van der Waals surface area contributed by atoms with E-state index in [0.717, 1.165) is 11.1 Å². The van der Waals surface area contributed by atoms with Gasteiger partial charge in [-0.2, -0.15) is 0 Å². The third kappa shape index (κ3) is 4.41. The minimum atomic E-state index is -0.608. The zero-order valence-corrected chi connectivity index (χ0v) is 15.8. The summed E-state index contributed by atoms with van der Waals surface area (Å²) in [5, 5.41) is 20.4. The predicted octanol–water partition coefficient (Wildman–Crippen LogP) is 4.89. The lowest BCUT2D eigenvalue weighted by Gasteiger charge is -2.04. The molecule has 5 nitrogen and oxygen atoms in total. The molecule has 2 aromatic rings. The summed E-state index contributed by atoms with van der Waals surface area (Å²) < 4.78 is 5.09. The molecule has 0 radical (unpaired) electrons. The molecule has 6 heteroatoms. The number of thioether (sulfide) groups is 1. The molecule has 0 amide bonds. The molecule has 2 N–H and O–H groups in total. The summed E-state index contributed by atoms with van der Waals surface area (Å²) in [6, 6.07) is 14.1. The Labute approximate surface area is 161 Å². The molecule has 2 aromatic carbocycles. The molecule has 27 heavy (non-hydrogen) atoms. The second-order valence-electron chi connectivity index (χ2n) is 5.90. The van der Waals surface area contributed by atoms with Crippen molar-refractivity contribution in [3.63, 3.8) is 0 Å². The lowest BCUT2D eigenvalue weighted by molar-refractivity contribution is -0.138. The SMILES string of the molecule is CCOC(=O)C1=C(O)C(=Cc2ccc(O)cc2)SC1=Nc1cccc(C)c1. The van der Waals surface area contributed by atoms with Crippen LogP contribution in [-0.2, 0) is 9.53 Å². The van der Waals surface area contributed by atoms with Crippen LogP contribution in [0.5, 0.6) is 5.75 Å². The molecule has 0 spiro atoms. The maximum Gasteiger partial charge on any atom is 0.344 e. The molecule has 0 unspecified atom stereocenters. The van der Waals surface area contributed by atoms with E-state index in [1.165, 1.54) is 11.8 Å². The number of hydrogen-bond donors (Lipinski definition) is 2. The van der Waals surface area contributed by atoms with Crippen LogP contribution in [0.25, 0.3) is 6.08 Å². The standard InChI is InChI=1S/C21H19NO4S/c1-3-26-21(25)18-19(24)17(12-14-7-9-16(23)10-8-14)27-20(18)22-15-6-4-5-13(2)11-15/h4-12,23-24H,3H2,1-2H3. The Bertz CT molecular complexity index is 958. The van der Waals surface area contributed by atoms with Crippen LogP contribution < -0.4 is 0 Å². The predicted molar refractivity (Wildman–Crippen MR) is 108 cm³/mol. The number of aliphatic imine (C=N–C) groups is 1. The fourth-order valence-electron chi connectivity index (χ4n) is 2.53. The van der Waals surface area contributed by atoms with Crippen LogP contribution in [0.1, 0.15) is 18.1 Å². The van der Waals surface area contributed by atoms with Gasteiger partial charge in [-0.05, 0) is 55.3 Å². The number of carbonyl (C=O) groups is 1. The Hall–Kier alpha value is -2.99. The molecule has 0 saturated heterocycles. The summed E-state index contributed by atoms with van der Waals surface area (Å²) >= 11 is 1.20. The summed E-state index contributed by atoms with van der Waals surface area (Å²) in [6.07, 6.45) is 1.73. The van der Waals surface area contributed by atoms with Gasteiger partial charge in [-0.3, -0.25) is 0 Å². The van der Waals surface area contributed by atoms with Crippen LogP contribution in [0.2, 0.25) is 0 Å². The number of phenolic OH excluding ortho intramolecular Hbond substituents is 1. The number of aliphatic hydroxyl groups is 1. The molecular weight excluding hydrogens is 362 g/mol. The van der Waals surface area contributed by atoms with Crippen molar-refractivity contribution in [3.8, 4) is 5.75 Å². The van der Waals surface area contributed by atoms with Crippen LogP contribution in [0, 0.1) is 6.92 Å². The van der Waals surface area contributed by atoms with Crippen molar-refractivity contribution in [2.75, 3.05) is 6.61 Å². The molecule has 1 aliphatic rings. The molecule has 3 rings (SSSR count). The first-order chi connectivity index (χ1) is 13.0. The maximum atomic E-state index is 12.4. The molecule has 0 fully saturated rings. The Morgan fingerprint density at radius 3 is 2.59 bits per heavy atom. The highest BCUT2D eigenvalue weighted by atomic mass is 32.2. The topological polar surface area (TPSA) is 79.1 Å². The molecular formula is C21H19NO4S. The van der Waals surface area contributed by atoms with Crippen LogP contribution in [0.4, 0.5) is 5.69 Å². The van der Waals surface area contributed by atoms with Crippen molar-refractivity contribution in [2.45, 2.75) is 13.8 Å². The molecule has 0 atom stereocenters. The zero-order valence-electron chi connectivity index (χ0n) is 15.0. The Morgan fingerprint density at radius 2 is 1.93 bits per heavy atom. The van der Waals surface area contributed by atoms with Crippen molar-refractivity contribution in [3.05, 3.63) is 75.9 Å². The zero-order chi connectivity index (χ0) is 19.4. The number of carbonyl (C=O) groups excluding carboxylic acids is 1. The molecule has 0 saturated carbocycles. The average molecular weight is 381 g/mol. The number of aromatic hydroxyl groups is 1. The van der Waals surface area contributed by atoms with E-state index in [-0.39, 0.29) is 23.7 Å². The highest BCUT2D eigenvalue weighted by molar-refractivity contribution is 8.18. The molecule has 0 aliphatic carbocycles. The van der Waals surface area contributed by atoms with Crippen LogP contribution in [-0.4, -0.2) is 27.8 Å². The first kappa shape index (κ1) is 18.8. The molecule has 0 bridgehead atoms. The Balaban J connectivity index is 2.03. The lowest BCUT2D eigenvalue weighted by atomic mass is 10.1. The van der Waals surface area contributed by atoms with E-state index in [2.05, 4.69) is 4.99 Å². The van der Waals surface area contributed by atoms with Gasteiger partial charge in [0, 0.05) is 0 Å². The van der Waals surface area contributed by atoms with Gasteiger partial charge in [0.2, 0.25) is 0 Å². The van der Waals surface area contributed by atoms with E-state index in [1.807, 2.05) is 31.2 Å². The molecule has 138 valence electrons. The normalized spacial score (nSPS) is 17.0. The summed E-state index contributed by atoms with van der Waals surface area (Å²) in [5.41, 5.74) is 2.58. The highest BCUT2D eigenvalue weighted by Gasteiger charge is 2.33. The van der Waals surface area contributed by atoms with Crippen molar-refractivity contribution in [1.29, 1.82) is 0 Å². The van der Waals surface area contributed by atoms with Crippen LogP contribution in [0.15, 0.2) is 69.8 Å². The Morgan fingerprint density at radius 1 is 1.19 bits per heavy atom. The largest absolute Gasteiger partial charge is 0.508 e.